The third-order valence-electron chi connectivity index (χ3n) is 4.05. The minimum absolute atomic E-state index is 0.161. The Balaban J connectivity index is 2.42. The van der Waals surface area contributed by atoms with Crippen LogP contribution in [0.2, 0.25) is 0 Å². The normalized spacial score (nSPS) is 15.3. The maximum atomic E-state index is 12.7. The van der Waals surface area contributed by atoms with Crippen LogP contribution < -0.4 is 9.64 Å². The second-order valence-corrected chi connectivity index (χ2v) is 6.31. The number of anilines is 1. The zero-order valence-corrected chi connectivity index (χ0v) is 14.5. The maximum absolute atomic E-state index is 12.7. The van der Waals surface area contributed by atoms with E-state index in [1.807, 2.05) is 0 Å². The summed E-state index contributed by atoms with van der Waals surface area (Å²) >= 11 is 0. The molecule has 0 radical (unpaired) electrons. The van der Waals surface area contributed by atoms with E-state index in [-0.39, 0.29) is 5.91 Å². The average molecular weight is 330 g/mol. The number of ether oxygens (including phenoxy) is 2. The molecule has 6 heteroatoms. The summed E-state index contributed by atoms with van der Waals surface area (Å²) in [5.41, 5.74) is 0.744. The Morgan fingerprint density at radius 3 is 2.71 bits per heavy atom. The van der Waals surface area contributed by atoms with Gasteiger partial charge in [-0.25, -0.2) is 4.79 Å². The summed E-state index contributed by atoms with van der Waals surface area (Å²) < 4.78 is 10.6. The van der Waals surface area contributed by atoms with Gasteiger partial charge in [-0.3, -0.25) is 4.79 Å². The monoisotopic (exact) mass is 330 g/mol. The Bertz CT molecular complexity index is 704. The van der Waals surface area contributed by atoms with Gasteiger partial charge in [0, 0.05) is 13.0 Å². The summed E-state index contributed by atoms with van der Waals surface area (Å²) in [6.07, 6.45) is 1.87. The van der Waals surface area contributed by atoms with Gasteiger partial charge in [-0.1, -0.05) is 0 Å². The third-order valence-corrected chi connectivity index (χ3v) is 4.05. The Morgan fingerprint density at radius 2 is 2.08 bits per heavy atom. The van der Waals surface area contributed by atoms with Gasteiger partial charge in [0.2, 0.25) is 0 Å². The molecule has 24 heavy (non-hydrogen) atoms. The van der Waals surface area contributed by atoms with Crippen molar-refractivity contribution in [2.45, 2.75) is 45.6 Å². The summed E-state index contributed by atoms with van der Waals surface area (Å²) in [6, 6.07) is 5.51. The number of aryl methyl sites for hydroxylation is 1. The molecule has 0 atom stereocenters. The predicted octanol–water partition coefficient (Wildman–Crippen LogP) is 2.98. The Labute approximate surface area is 142 Å². The topological polar surface area (TPSA) is 79.6 Å². The molecule has 1 amide bonds. The number of hydrogen-bond acceptors (Lipinski definition) is 5. The molecule has 0 aromatic heterocycles. The lowest BCUT2D eigenvalue weighted by atomic mass is 10.00. The zero-order chi connectivity index (χ0) is 17.9. The molecule has 2 rings (SSSR count). The highest BCUT2D eigenvalue weighted by Crippen LogP contribution is 2.40. The lowest BCUT2D eigenvalue weighted by Crippen LogP contribution is -2.52. The number of fused-ring (bicyclic) bond motifs is 1. The van der Waals surface area contributed by atoms with Crippen molar-refractivity contribution < 1.29 is 19.1 Å². The average Bonchev–Trinajstić information content (AvgIpc) is 2.53. The Morgan fingerprint density at radius 1 is 1.38 bits per heavy atom. The first kappa shape index (κ1) is 17.8. The number of carbonyl (C=O) groups excluding carboxylic acids is 2. The van der Waals surface area contributed by atoms with Crippen LogP contribution in [0.3, 0.4) is 0 Å². The van der Waals surface area contributed by atoms with Gasteiger partial charge < -0.3 is 14.4 Å². The smallest absolute Gasteiger partial charge is 0.338 e. The van der Waals surface area contributed by atoms with Crippen LogP contribution in [-0.4, -0.2) is 31.1 Å². The van der Waals surface area contributed by atoms with Gasteiger partial charge >= 0.3 is 5.97 Å². The van der Waals surface area contributed by atoms with Crippen LogP contribution in [0.15, 0.2) is 12.1 Å². The molecule has 1 aromatic rings. The first-order chi connectivity index (χ1) is 11.3. The van der Waals surface area contributed by atoms with E-state index >= 15 is 0 Å². The molecule has 0 aliphatic carbocycles. The van der Waals surface area contributed by atoms with Gasteiger partial charge in [-0.2, -0.15) is 5.26 Å². The quantitative estimate of drug-likeness (QED) is 0.612. The maximum Gasteiger partial charge on any atom is 0.338 e. The Kier molecular flexibility index (Phi) is 5.13. The van der Waals surface area contributed by atoms with Crippen LogP contribution in [0, 0.1) is 18.3 Å². The fourth-order valence-corrected chi connectivity index (χ4v) is 2.74. The van der Waals surface area contributed by atoms with Gasteiger partial charge in [0.05, 0.1) is 24.4 Å². The largest absolute Gasteiger partial charge is 0.476 e. The summed E-state index contributed by atoms with van der Waals surface area (Å²) in [4.78, 5) is 26.3. The summed E-state index contributed by atoms with van der Waals surface area (Å²) in [5, 5.41) is 8.65. The number of hydrogen-bond donors (Lipinski definition) is 0. The van der Waals surface area contributed by atoms with Crippen LogP contribution in [0.4, 0.5) is 5.69 Å². The highest BCUT2D eigenvalue weighted by atomic mass is 16.5. The molecule has 0 unspecified atom stereocenters. The number of carbonyl (C=O) groups is 2. The molecule has 0 N–H and O–H groups in total. The van der Waals surface area contributed by atoms with Crippen molar-refractivity contribution in [1.82, 2.24) is 0 Å². The fraction of sp³-hybridized carbons (Fsp3) is 0.500. The molecular formula is C18H22N2O4. The lowest BCUT2D eigenvalue weighted by molar-refractivity contribution is -0.132. The van der Waals surface area contributed by atoms with Gasteiger partial charge in [0.25, 0.3) is 5.91 Å². The van der Waals surface area contributed by atoms with Crippen LogP contribution in [-0.2, 0) is 9.53 Å². The molecule has 6 nitrogen and oxygen atoms in total. The van der Waals surface area contributed by atoms with E-state index in [9.17, 15) is 9.59 Å². The molecule has 1 heterocycles. The molecular weight excluding hydrogens is 308 g/mol. The zero-order valence-electron chi connectivity index (χ0n) is 14.5. The molecule has 1 aliphatic rings. The second kappa shape index (κ2) is 6.91. The van der Waals surface area contributed by atoms with Gasteiger partial charge in [0.1, 0.15) is 5.75 Å². The minimum atomic E-state index is -0.971. The second-order valence-electron chi connectivity index (χ2n) is 6.31. The molecule has 0 fully saturated rings. The fourth-order valence-electron chi connectivity index (χ4n) is 2.74. The summed E-state index contributed by atoms with van der Waals surface area (Å²) in [7, 11) is 1.33. The number of benzene rings is 1. The molecule has 1 aromatic carbocycles. The minimum Gasteiger partial charge on any atom is -0.476 e. The van der Waals surface area contributed by atoms with Crippen molar-refractivity contribution in [2.75, 3.05) is 18.6 Å². The van der Waals surface area contributed by atoms with E-state index in [2.05, 4.69) is 6.07 Å². The first-order valence-corrected chi connectivity index (χ1v) is 7.92. The molecule has 0 saturated carbocycles. The highest BCUT2D eigenvalue weighted by molar-refractivity contribution is 6.04. The van der Waals surface area contributed by atoms with E-state index in [0.717, 1.165) is 5.56 Å². The van der Waals surface area contributed by atoms with Gasteiger partial charge in [0.15, 0.2) is 5.60 Å². The van der Waals surface area contributed by atoms with Crippen LogP contribution in [0.1, 0.15) is 49.0 Å². The number of nitrogens with zero attached hydrogens (tertiary/aromatic N) is 2. The number of nitriles is 1. The van der Waals surface area contributed by atoms with Crippen molar-refractivity contribution in [3.8, 4) is 11.8 Å². The van der Waals surface area contributed by atoms with Crippen molar-refractivity contribution in [3.05, 3.63) is 23.3 Å². The predicted molar refractivity (Wildman–Crippen MR) is 89.0 cm³/mol. The SMILES string of the molecule is COC(=O)c1cc2c(cc1C)OC(C)(C)C(=O)N2CCCCC#N. The van der Waals surface area contributed by atoms with Crippen molar-refractivity contribution in [1.29, 1.82) is 5.26 Å². The third kappa shape index (κ3) is 3.35. The highest BCUT2D eigenvalue weighted by Gasteiger charge is 2.41. The van der Waals surface area contributed by atoms with Crippen LogP contribution in [0.5, 0.6) is 5.75 Å². The van der Waals surface area contributed by atoms with Crippen LogP contribution in [0.25, 0.3) is 0 Å². The van der Waals surface area contributed by atoms with Crippen molar-refractivity contribution in [2.24, 2.45) is 0 Å². The first-order valence-electron chi connectivity index (χ1n) is 7.92. The molecule has 0 bridgehead atoms. The standard InChI is InChI=1S/C18H22N2O4/c1-12-10-15-14(11-13(12)16(21)23-4)20(9-7-5-6-8-19)17(22)18(2,3)24-15/h10-11H,5-7,9H2,1-4H3. The van der Waals surface area contributed by atoms with E-state index in [0.29, 0.717) is 42.8 Å². The Hall–Kier alpha value is -2.55. The molecule has 0 spiro atoms. The number of unbranched alkanes of at least 4 members (excludes halogenated alkanes) is 2. The lowest BCUT2D eigenvalue weighted by Gasteiger charge is -2.39. The van der Waals surface area contributed by atoms with Crippen molar-refractivity contribution >= 4 is 17.6 Å². The number of methoxy groups -OCH3 is 1. The summed E-state index contributed by atoms with van der Waals surface area (Å²) in [5.74, 6) is -0.0336. The molecule has 1 aliphatic heterocycles. The summed E-state index contributed by atoms with van der Waals surface area (Å²) in [6.45, 7) is 5.73. The van der Waals surface area contributed by atoms with E-state index in [1.54, 1.807) is 37.8 Å². The van der Waals surface area contributed by atoms with Gasteiger partial charge in [-0.05, 0) is 51.3 Å². The van der Waals surface area contributed by atoms with Gasteiger partial charge in [-0.15, -0.1) is 0 Å². The van der Waals surface area contributed by atoms with E-state index in [4.69, 9.17) is 14.7 Å². The van der Waals surface area contributed by atoms with Crippen LogP contribution >= 0.6 is 0 Å². The number of rotatable bonds is 5. The van der Waals surface area contributed by atoms with Crippen molar-refractivity contribution in [3.63, 3.8) is 0 Å². The molecule has 0 saturated heterocycles. The molecule has 128 valence electrons. The number of esters is 1. The number of amides is 1. The van der Waals surface area contributed by atoms with E-state index < -0.39 is 11.6 Å². The van der Waals surface area contributed by atoms with E-state index in [1.165, 1.54) is 7.11 Å².